The van der Waals surface area contributed by atoms with Gasteiger partial charge in [0, 0.05) is 32.7 Å². The summed E-state index contributed by atoms with van der Waals surface area (Å²) in [5.41, 5.74) is 0. The van der Waals surface area contributed by atoms with Gasteiger partial charge in [0.1, 0.15) is 0 Å². The number of carbonyl (C=O) groups is 2. The highest BCUT2D eigenvalue weighted by molar-refractivity contribution is 7.79. The maximum absolute atomic E-state index is 8.74. The van der Waals surface area contributed by atoms with Crippen LogP contribution >= 0.6 is 0 Å². The van der Waals surface area contributed by atoms with Gasteiger partial charge in [-0.15, -0.1) is 0 Å². The molecule has 0 fully saturated rings. The van der Waals surface area contributed by atoms with Gasteiger partial charge >= 0.3 is 22.7 Å². The average Bonchev–Trinajstić information content (AvgIpc) is 2.76. The van der Waals surface area contributed by atoms with E-state index in [-0.39, 0.29) is 33.0 Å². The fraction of sp³-hybridized carbons (Fsp3) is 0.882. The fourth-order valence-corrected chi connectivity index (χ4v) is 0.559. The van der Waals surface area contributed by atoms with Gasteiger partial charge in [-0.1, -0.05) is 0 Å². The van der Waals surface area contributed by atoms with Crippen molar-refractivity contribution in [3.8, 4) is 0 Å². The Bertz CT molecular complexity index is 406. The van der Waals surface area contributed by atoms with E-state index < -0.39 is 22.7 Å². The molecule has 20 nitrogen and oxygen atoms in total. The predicted molar refractivity (Wildman–Crippen MR) is 141 cm³/mol. The third-order valence-electron chi connectivity index (χ3n) is 1.81. The van der Waals surface area contributed by atoms with Gasteiger partial charge in [0.15, 0.2) is 0 Å². The highest BCUT2D eigenvalue weighted by Crippen LogP contribution is 1.59. The minimum Gasteiger partial charge on any atom is -0.450 e. The van der Waals surface area contributed by atoms with E-state index in [1.54, 1.807) is 35.2 Å². The maximum Gasteiger partial charge on any atom is 0.503 e. The smallest absolute Gasteiger partial charge is 0.450 e. The Labute approximate surface area is 223 Å². The lowest BCUT2D eigenvalue weighted by Gasteiger charge is -1.84. The van der Waals surface area contributed by atoms with E-state index in [0.717, 1.165) is 0 Å². The van der Waals surface area contributed by atoms with Crippen molar-refractivity contribution in [3.63, 3.8) is 0 Å². The maximum atomic E-state index is 8.74. The lowest BCUT2D eigenvalue weighted by molar-refractivity contribution is 0.135. The second-order valence-electron chi connectivity index (χ2n) is 5.15. The Kier molecular flexibility index (Phi) is 95.8. The number of likely N-dealkylation sites (N-methyl/N-ethyl adjacent to an activating group) is 5. The van der Waals surface area contributed by atoms with Crippen molar-refractivity contribution in [3.05, 3.63) is 0 Å². The Morgan fingerprint density at radius 1 is 0.474 bits per heavy atom. The highest BCUT2D eigenvalue weighted by Gasteiger charge is 1.84. The molecule has 0 atom stereocenters. The predicted octanol–water partition coefficient (Wildman–Crippen LogP) is -4.22. The van der Waals surface area contributed by atoms with Gasteiger partial charge in [-0.2, -0.15) is 8.42 Å². The highest BCUT2D eigenvalue weighted by atomic mass is 32.3. The van der Waals surface area contributed by atoms with Crippen LogP contribution in [0.15, 0.2) is 0 Å². The molecule has 38 heavy (non-hydrogen) atoms. The minimum atomic E-state index is -4.67. The quantitative estimate of drug-likeness (QED) is 0.106. The van der Waals surface area contributed by atoms with Gasteiger partial charge in [0.2, 0.25) is 0 Å². The summed E-state index contributed by atoms with van der Waals surface area (Å²) in [6.45, 7) is 4.64. The van der Waals surface area contributed by atoms with E-state index >= 15 is 0 Å². The number of hydrogen-bond acceptors (Lipinski definition) is 14. The van der Waals surface area contributed by atoms with Crippen molar-refractivity contribution in [1.29, 1.82) is 0 Å². The summed E-state index contributed by atoms with van der Waals surface area (Å²) in [5.74, 6) is 0. The molecule has 21 heteroatoms. The summed E-state index contributed by atoms with van der Waals surface area (Å²) in [4.78, 5) is 17.1. The summed E-state index contributed by atoms with van der Waals surface area (Å²) in [6, 6.07) is 0. The summed E-state index contributed by atoms with van der Waals surface area (Å²) < 4.78 is 31.6. The number of rotatable bonds is 10. The number of aliphatic hydroxyl groups is 5. The molecule has 0 aliphatic heterocycles. The van der Waals surface area contributed by atoms with Crippen molar-refractivity contribution in [2.24, 2.45) is 0 Å². The molecule has 0 aliphatic carbocycles. The molecule has 0 unspecified atom stereocenters. The van der Waals surface area contributed by atoms with Gasteiger partial charge in [-0.25, -0.2) is 9.59 Å². The number of aliphatic hydroxyl groups excluding tert-OH is 5. The van der Waals surface area contributed by atoms with Crippen LogP contribution in [0, 0.1) is 0 Å². The monoisotopic (exact) mass is 597 g/mol. The standard InChI is InChI=1S/5C3H9NO.2CH2O3.H2O4S/c5*1-4-2-3-5;2*2-1(3)4;1-5(2,3)4/h5*4-5H,2-3H2,1H3;2*(H2,2,3,4);(H2,1,2,3,4). The average molecular weight is 598 g/mol. The van der Waals surface area contributed by atoms with E-state index in [1.807, 2.05) is 0 Å². The van der Waals surface area contributed by atoms with Crippen LogP contribution in [0.5, 0.6) is 0 Å². The molecule has 0 radical (unpaired) electrons. The first-order valence-electron chi connectivity index (χ1n) is 10.4. The molecule has 0 aromatic carbocycles. The van der Waals surface area contributed by atoms with E-state index in [9.17, 15) is 0 Å². The molecule has 0 amide bonds. The number of hydrogen-bond donors (Lipinski definition) is 16. The third kappa shape index (κ3) is 578. The lowest BCUT2D eigenvalue weighted by Crippen LogP contribution is -2.10. The molecule has 0 saturated carbocycles. The number of nitrogens with one attached hydrogen (secondary N) is 5. The second kappa shape index (κ2) is 64.7. The SMILES string of the molecule is CNCCO.CNCCO.CNCCO.CNCCO.CNCCO.O=C(O)O.O=C(O)O.O=S(=O)(O)O. The van der Waals surface area contributed by atoms with Gasteiger partial charge < -0.3 is 72.5 Å². The van der Waals surface area contributed by atoms with Gasteiger partial charge in [-0.05, 0) is 35.2 Å². The van der Waals surface area contributed by atoms with Crippen LogP contribution in [0.4, 0.5) is 9.59 Å². The third-order valence-corrected chi connectivity index (χ3v) is 1.81. The molecule has 0 aliphatic rings. The Hall–Kier alpha value is -1.99. The molecule has 0 bridgehead atoms. The molecule has 16 N–H and O–H groups in total. The molecule has 0 rings (SSSR count). The molecule has 0 aromatic heterocycles. The zero-order chi connectivity index (χ0) is 32.3. The van der Waals surface area contributed by atoms with E-state index in [0.29, 0.717) is 32.7 Å². The summed E-state index contributed by atoms with van der Waals surface area (Å²) in [7, 11) is 4.34. The Morgan fingerprint density at radius 2 is 0.553 bits per heavy atom. The summed E-state index contributed by atoms with van der Waals surface area (Å²) in [6.07, 6.45) is -3.67. The van der Waals surface area contributed by atoms with Gasteiger partial charge in [-0.3, -0.25) is 9.11 Å². The van der Waals surface area contributed by atoms with Crippen molar-refractivity contribution < 1.29 is 73.1 Å². The van der Waals surface area contributed by atoms with Gasteiger partial charge in [0.25, 0.3) is 0 Å². The number of carboxylic acid groups (broad SMARTS) is 4. The fourth-order valence-electron chi connectivity index (χ4n) is 0.559. The second-order valence-corrected chi connectivity index (χ2v) is 6.04. The molecule has 0 heterocycles. The molecule has 0 aromatic rings. The van der Waals surface area contributed by atoms with Crippen LogP contribution in [0.1, 0.15) is 0 Å². The first-order valence-corrected chi connectivity index (χ1v) is 11.7. The zero-order valence-corrected chi connectivity index (χ0v) is 23.3. The first-order chi connectivity index (χ1) is 17.5. The van der Waals surface area contributed by atoms with Crippen molar-refractivity contribution in [2.75, 3.05) is 101 Å². The van der Waals surface area contributed by atoms with Crippen LogP contribution < -0.4 is 26.6 Å². The van der Waals surface area contributed by atoms with E-state index in [1.165, 1.54) is 0 Å². The van der Waals surface area contributed by atoms with Crippen LogP contribution in [-0.4, -0.2) is 177 Å². The molecule has 240 valence electrons. The van der Waals surface area contributed by atoms with Crippen LogP contribution in [0.3, 0.4) is 0 Å². The molecule has 0 saturated heterocycles. The van der Waals surface area contributed by atoms with E-state index in [2.05, 4.69) is 26.6 Å². The lowest BCUT2D eigenvalue weighted by atomic mass is 10.7. The molecular weight excluding hydrogens is 546 g/mol. The summed E-state index contributed by atoms with van der Waals surface area (Å²) in [5, 5.41) is 81.7. The van der Waals surface area contributed by atoms with Crippen molar-refractivity contribution in [2.45, 2.75) is 0 Å². The first kappa shape index (κ1) is 56.3. The van der Waals surface area contributed by atoms with Crippen molar-refractivity contribution in [1.82, 2.24) is 26.6 Å². The van der Waals surface area contributed by atoms with Crippen LogP contribution in [0.25, 0.3) is 0 Å². The van der Waals surface area contributed by atoms with E-state index in [4.69, 9.17) is 73.1 Å². The van der Waals surface area contributed by atoms with Crippen LogP contribution in [-0.2, 0) is 10.4 Å². The Balaban J connectivity index is -0.0000000452. The molecular formula is C17H51N5O15S. The zero-order valence-electron chi connectivity index (χ0n) is 22.5. The largest absolute Gasteiger partial charge is 0.503 e. The normalized spacial score (nSPS) is 8.32. The molecule has 0 spiro atoms. The summed E-state index contributed by atoms with van der Waals surface area (Å²) >= 11 is 0. The van der Waals surface area contributed by atoms with Crippen molar-refractivity contribution >= 4 is 22.7 Å². The van der Waals surface area contributed by atoms with Crippen LogP contribution in [0.2, 0.25) is 0 Å². The minimum absolute atomic E-state index is 0.233. The topological polar surface area (TPSA) is 351 Å². The Morgan fingerprint density at radius 3 is 0.553 bits per heavy atom. The van der Waals surface area contributed by atoms with Gasteiger partial charge in [0.05, 0.1) is 33.0 Å².